The van der Waals surface area contributed by atoms with Crippen molar-refractivity contribution in [3.63, 3.8) is 0 Å². The molecular formula is C8H3Cl2IS. The molecule has 0 amide bonds. The highest BCUT2D eigenvalue weighted by molar-refractivity contribution is 14.1. The molecule has 1 aromatic heterocycles. The van der Waals surface area contributed by atoms with Gasteiger partial charge in [-0.25, -0.2) is 0 Å². The van der Waals surface area contributed by atoms with Gasteiger partial charge in [0.15, 0.2) is 0 Å². The van der Waals surface area contributed by atoms with E-state index in [-0.39, 0.29) is 0 Å². The zero-order valence-electron chi connectivity index (χ0n) is 5.77. The molecule has 12 heavy (non-hydrogen) atoms. The number of thiophene rings is 1. The van der Waals surface area contributed by atoms with Crippen LogP contribution in [-0.2, 0) is 0 Å². The van der Waals surface area contributed by atoms with Crippen molar-refractivity contribution in [2.45, 2.75) is 0 Å². The molecule has 0 aliphatic carbocycles. The van der Waals surface area contributed by atoms with Gasteiger partial charge in [-0.1, -0.05) is 23.2 Å². The molecule has 0 atom stereocenters. The largest absolute Gasteiger partial charge is 0.143 e. The molecule has 0 unspecified atom stereocenters. The minimum absolute atomic E-state index is 0.625. The quantitative estimate of drug-likeness (QED) is 0.609. The minimum Gasteiger partial charge on any atom is -0.143 e. The average molecular weight is 329 g/mol. The minimum atomic E-state index is 0.625. The zero-order chi connectivity index (χ0) is 8.72. The molecule has 4 heteroatoms. The molecule has 0 nitrogen and oxygen atoms in total. The summed E-state index contributed by atoms with van der Waals surface area (Å²) >= 11 is 15.9. The molecule has 0 spiro atoms. The summed E-state index contributed by atoms with van der Waals surface area (Å²) in [6.45, 7) is 0. The standard InChI is InChI=1S/C8H3Cl2IS/c9-4-1-2-6-7(8(4)10)5(11)3-12-6/h1-3H. The third-order valence-corrected chi connectivity index (χ3v) is 4.61. The van der Waals surface area contributed by atoms with Crippen molar-refractivity contribution in [3.8, 4) is 0 Å². The van der Waals surface area contributed by atoms with Crippen LogP contribution in [0.2, 0.25) is 10.0 Å². The number of benzene rings is 1. The summed E-state index contributed by atoms with van der Waals surface area (Å²) in [6.07, 6.45) is 0. The first-order valence-electron chi connectivity index (χ1n) is 3.21. The Morgan fingerprint density at radius 1 is 1.25 bits per heavy atom. The SMILES string of the molecule is Clc1ccc2scc(I)c2c1Cl. The molecule has 2 rings (SSSR count). The van der Waals surface area contributed by atoms with Gasteiger partial charge in [0.25, 0.3) is 0 Å². The molecule has 0 aliphatic rings. The van der Waals surface area contributed by atoms with Gasteiger partial charge in [0.2, 0.25) is 0 Å². The van der Waals surface area contributed by atoms with E-state index in [2.05, 4.69) is 28.0 Å². The highest BCUT2D eigenvalue weighted by Crippen LogP contribution is 2.36. The van der Waals surface area contributed by atoms with E-state index in [1.165, 1.54) is 8.27 Å². The number of fused-ring (bicyclic) bond motifs is 1. The summed E-state index contributed by atoms with van der Waals surface area (Å²) < 4.78 is 2.36. The zero-order valence-corrected chi connectivity index (χ0v) is 10.3. The Hall–Kier alpha value is 0.490. The predicted molar refractivity (Wildman–Crippen MR) is 64.6 cm³/mol. The van der Waals surface area contributed by atoms with E-state index in [9.17, 15) is 0 Å². The number of halogens is 3. The van der Waals surface area contributed by atoms with E-state index in [1.807, 2.05) is 12.1 Å². The average Bonchev–Trinajstić information content (AvgIpc) is 2.41. The molecule has 0 N–H and O–H groups in total. The predicted octanol–water partition coefficient (Wildman–Crippen LogP) is 4.81. The second-order valence-electron chi connectivity index (χ2n) is 2.32. The van der Waals surface area contributed by atoms with Crippen molar-refractivity contribution in [1.82, 2.24) is 0 Å². The normalized spacial score (nSPS) is 10.9. The van der Waals surface area contributed by atoms with Crippen LogP contribution in [0, 0.1) is 3.57 Å². The number of hydrogen-bond donors (Lipinski definition) is 0. The topological polar surface area (TPSA) is 0 Å². The van der Waals surface area contributed by atoms with E-state index >= 15 is 0 Å². The van der Waals surface area contributed by atoms with Gasteiger partial charge in [-0.15, -0.1) is 11.3 Å². The lowest BCUT2D eigenvalue weighted by molar-refractivity contribution is 1.82. The maximum Gasteiger partial charge on any atom is 0.0689 e. The van der Waals surface area contributed by atoms with Crippen LogP contribution in [0.5, 0.6) is 0 Å². The fourth-order valence-corrected chi connectivity index (χ4v) is 3.62. The first-order valence-corrected chi connectivity index (χ1v) is 5.92. The summed E-state index contributed by atoms with van der Waals surface area (Å²) in [5.41, 5.74) is 0. The van der Waals surface area contributed by atoms with E-state index in [4.69, 9.17) is 23.2 Å². The molecule has 0 radical (unpaired) electrons. The van der Waals surface area contributed by atoms with Crippen LogP contribution in [0.3, 0.4) is 0 Å². The Morgan fingerprint density at radius 3 is 2.75 bits per heavy atom. The Labute approximate surface area is 97.6 Å². The lowest BCUT2D eigenvalue weighted by atomic mass is 10.3. The fraction of sp³-hybridized carbons (Fsp3) is 0. The summed E-state index contributed by atoms with van der Waals surface area (Å²) in [7, 11) is 0. The van der Waals surface area contributed by atoms with Crippen LogP contribution in [0.15, 0.2) is 17.5 Å². The summed E-state index contributed by atoms with van der Waals surface area (Å²) in [6, 6.07) is 3.83. The number of hydrogen-bond acceptors (Lipinski definition) is 1. The van der Waals surface area contributed by atoms with Crippen molar-refractivity contribution in [2.24, 2.45) is 0 Å². The van der Waals surface area contributed by atoms with Crippen LogP contribution in [0.4, 0.5) is 0 Å². The van der Waals surface area contributed by atoms with Gasteiger partial charge in [0, 0.05) is 19.0 Å². The molecule has 1 aromatic carbocycles. The van der Waals surface area contributed by atoms with Crippen LogP contribution < -0.4 is 0 Å². The maximum absolute atomic E-state index is 6.04. The van der Waals surface area contributed by atoms with Gasteiger partial charge in [0.05, 0.1) is 10.0 Å². The lowest BCUT2D eigenvalue weighted by Gasteiger charge is -1.96. The number of rotatable bonds is 0. The molecule has 0 bridgehead atoms. The lowest BCUT2D eigenvalue weighted by Crippen LogP contribution is -1.71. The second kappa shape index (κ2) is 3.33. The monoisotopic (exact) mass is 328 g/mol. The Balaban J connectivity index is 2.96. The Morgan fingerprint density at radius 2 is 2.00 bits per heavy atom. The third-order valence-electron chi connectivity index (χ3n) is 1.58. The van der Waals surface area contributed by atoms with Gasteiger partial charge in [-0.2, -0.15) is 0 Å². The Kier molecular flexibility index (Phi) is 2.51. The first-order chi connectivity index (χ1) is 5.70. The summed E-state index contributed by atoms with van der Waals surface area (Å²) in [5, 5.41) is 4.45. The molecule has 62 valence electrons. The van der Waals surface area contributed by atoms with Crippen molar-refractivity contribution in [1.29, 1.82) is 0 Å². The summed E-state index contributed by atoms with van der Waals surface area (Å²) in [5.74, 6) is 0. The van der Waals surface area contributed by atoms with E-state index in [0.717, 1.165) is 5.39 Å². The van der Waals surface area contributed by atoms with Gasteiger partial charge in [0.1, 0.15) is 0 Å². The van der Waals surface area contributed by atoms with E-state index in [1.54, 1.807) is 11.3 Å². The molecule has 0 fully saturated rings. The third kappa shape index (κ3) is 1.35. The van der Waals surface area contributed by atoms with E-state index in [0.29, 0.717) is 10.0 Å². The Bertz CT molecular complexity index is 436. The summed E-state index contributed by atoms with van der Waals surface area (Å²) in [4.78, 5) is 0. The van der Waals surface area contributed by atoms with Gasteiger partial charge >= 0.3 is 0 Å². The van der Waals surface area contributed by atoms with Crippen LogP contribution in [-0.4, -0.2) is 0 Å². The van der Waals surface area contributed by atoms with Crippen LogP contribution in [0.25, 0.3) is 10.1 Å². The van der Waals surface area contributed by atoms with Crippen molar-refractivity contribution < 1.29 is 0 Å². The molecule has 0 aliphatic heterocycles. The van der Waals surface area contributed by atoms with Crippen molar-refractivity contribution in [3.05, 3.63) is 31.1 Å². The maximum atomic E-state index is 6.04. The van der Waals surface area contributed by atoms with Gasteiger partial charge in [-0.3, -0.25) is 0 Å². The highest BCUT2D eigenvalue weighted by atomic mass is 127. The van der Waals surface area contributed by atoms with E-state index < -0.39 is 0 Å². The van der Waals surface area contributed by atoms with Crippen molar-refractivity contribution >= 4 is 67.2 Å². The molecular weight excluding hydrogens is 326 g/mol. The molecule has 0 saturated heterocycles. The molecule has 2 aromatic rings. The first kappa shape index (κ1) is 9.06. The van der Waals surface area contributed by atoms with Crippen molar-refractivity contribution in [2.75, 3.05) is 0 Å². The van der Waals surface area contributed by atoms with Crippen LogP contribution >= 0.6 is 57.1 Å². The molecule has 1 heterocycles. The van der Waals surface area contributed by atoms with Crippen LogP contribution in [0.1, 0.15) is 0 Å². The van der Waals surface area contributed by atoms with Gasteiger partial charge in [-0.05, 0) is 34.7 Å². The smallest absolute Gasteiger partial charge is 0.0689 e. The fourth-order valence-electron chi connectivity index (χ4n) is 1.03. The molecule has 0 saturated carbocycles. The van der Waals surface area contributed by atoms with Gasteiger partial charge < -0.3 is 0 Å². The highest BCUT2D eigenvalue weighted by Gasteiger charge is 2.08. The second-order valence-corrected chi connectivity index (χ2v) is 5.18.